The van der Waals surface area contributed by atoms with Crippen LogP contribution in [-0.4, -0.2) is 24.1 Å². The van der Waals surface area contributed by atoms with Gasteiger partial charge in [-0.25, -0.2) is 0 Å². The van der Waals surface area contributed by atoms with Crippen molar-refractivity contribution in [3.05, 3.63) is 30.3 Å². The molecule has 0 saturated carbocycles. The van der Waals surface area contributed by atoms with Crippen molar-refractivity contribution in [2.24, 2.45) is 0 Å². The molecular weight excluding hydrogens is 156 g/mol. The second-order valence-electron chi connectivity index (χ2n) is 2.22. The van der Waals surface area contributed by atoms with Gasteiger partial charge in [-0.15, -0.1) is 0 Å². The fraction of sp³-hybridized carbons (Fsp3) is 0.222. The Labute approximate surface area is 70.6 Å². The standard InChI is InChI=1S/C9H9O3/c10-6-9(7-11)12-8-4-2-1-3-5-8/h1-5,9-10H,6H2. The average Bonchev–Trinajstić information content (AvgIpc) is 2.16. The number of benzene rings is 1. The molecule has 0 bridgehead atoms. The van der Waals surface area contributed by atoms with Crippen LogP contribution in [0.5, 0.6) is 5.75 Å². The van der Waals surface area contributed by atoms with Crippen LogP contribution in [0.25, 0.3) is 0 Å². The van der Waals surface area contributed by atoms with Crippen molar-refractivity contribution in [1.82, 2.24) is 0 Å². The molecule has 0 saturated heterocycles. The van der Waals surface area contributed by atoms with Crippen molar-refractivity contribution in [2.75, 3.05) is 6.61 Å². The van der Waals surface area contributed by atoms with Gasteiger partial charge in [0.25, 0.3) is 0 Å². The van der Waals surface area contributed by atoms with Crippen molar-refractivity contribution in [3.63, 3.8) is 0 Å². The van der Waals surface area contributed by atoms with Gasteiger partial charge in [0.15, 0.2) is 6.10 Å². The van der Waals surface area contributed by atoms with Crippen LogP contribution < -0.4 is 4.74 Å². The molecular formula is C9H9O3. The molecule has 1 rings (SSSR count). The minimum Gasteiger partial charge on any atom is -0.480 e. The van der Waals surface area contributed by atoms with Crippen LogP contribution in [0.1, 0.15) is 0 Å². The Morgan fingerprint density at radius 3 is 2.58 bits per heavy atom. The monoisotopic (exact) mass is 165 g/mol. The Balaban J connectivity index is 2.56. The molecule has 12 heavy (non-hydrogen) atoms. The zero-order chi connectivity index (χ0) is 8.81. The van der Waals surface area contributed by atoms with E-state index in [-0.39, 0.29) is 6.61 Å². The fourth-order valence-electron chi connectivity index (χ4n) is 0.762. The number of aliphatic hydroxyl groups is 1. The molecule has 0 aliphatic heterocycles. The maximum Gasteiger partial charge on any atom is 0.245 e. The van der Waals surface area contributed by atoms with E-state index < -0.39 is 6.10 Å². The van der Waals surface area contributed by atoms with Crippen LogP contribution >= 0.6 is 0 Å². The summed E-state index contributed by atoms with van der Waals surface area (Å²) in [4.78, 5) is 10.1. The molecule has 0 aliphatic rings. The van der Waals surface area contributed by atoms with Crippen molar-refractivity contribution in [3.8, 4) is 5.75 Å². The first-order valence-corrected chi connectivity index (χ1v) is 3.57. The summed E-state index contributed by atoms with van der Waals surface area (Å²) >= 11 is 0. The molecule has 0 amide bonds. The van der Waals surface area contributed by atoms with Crippen molar-refractivity contribution in [1.29, 1.82) is 0 Å². The Kier molecular flexibility index (Phi) is 3.29. The van der Waals surface area contributed by atoms with Crippen LogP contribution in [0.15, 0.2) is 30.3 Å². The summed E-state index contributed by atoms with van der Waals surface area (Å²) in [7, 11) is 0. The lowest BCUT2D eigenvalue weighted by Gasteiger charge is -2.08. The summed E-state index contributed by atoms with van der Waals surface area (Å²) in [6.07, 6.45) is 0.696. The van der Waals surface area contributed by atoms with E-state index in [2.05, 4.69) is 0 Å². The number of para-hydroxylation sites is 1. The van der Waals surface area contributed by atoms with Gasteiger partial charge in [0.1, 0.15) is 5.75 Å². The minimum atomic E-state index is -0.882. The normalized spacial score (nSPS) is 12.1. The molecule has 0 spiro atoms. The lowest BCUT2D eigenvalue weighted by atomic mass is 10.3. The second kappa shape index (κ2) is 4.51. The Morgan fingerprint density at radius 2 is 2.08 bits per heavy atom. The van der Waals surface area contributed by atoms with Gasteiger partial charge in [0.2, 0.25) is 6.29 Å². The third-order valence-corrected chi connectivity index (χ3v) is 1.32. The molecule has 0 aliphatic carbocycles. The number of hydrogen-bond donors (Lipinski definition) is 1. The third kappa shape index (κ3) is 2.36. The number of rotatable bonds is 4. The van der Waals surface area contributed by atoms with Gasteiger partial charge in [-0.2, -0.15) is 0 Å². The lowest BCUT2D eigenvalue weighted by molar-refractivity contribution is 0.159. The molecule has 0 fully saturated rings. The van der Waals surface area contributed by atoms with Crippen LogP contribution in [-0.2, 0) is 4.79 Å². The molecule has 1 unspecified atom stereocenters. The van der Waals surface area contributed by atoms with Crippen molar-refractivity contribution in [2.45, 2.75) is 6.10 Å². The van der Waals surface area contributed by atoms with Crippen LogP contribution in [0.2, 0.25) is 0 Å². The molecule has 63 valence electrons. The van der Waals surface area contributed by atoms with E-state index >= 15 is 0 Å². The van der Waals surface area contributed by atoms with Crippen LogP contribution in [0, 0.1) is 0 Å². The highest BCUT2D eigenvalue weighted by molar-refractivity contribution is 5.57. The summed E-state index contributed by atoms with van der Waals surface area (Å²) < 4.78 is 5.04. The lowest BCUT2D eigenvalue weighted by Crippen LogP contribution is -2.22. The van der Waals surface area contributed by atoms with Crippen LogP contribution in [0.4, 0.5) is 0 Å². The van der Waals surface area contributed by atoms with Crippen molar-refractivity contribution >= 4 is 6.29 Å². The number of carbonyl (C=O) groups excluding carboxylic acids is 1. The number of aliphatic hydroxyl groups excluding tert-OH is 1. The molecule has 1 atom stereocenters. The first kappa shape index (κ1) is 8.74. The highest BCUT2D eigenvalue weighted by Crippen LogP contribution is 2.09. The number of hydrogen-bond acceptors (Lipinski definition) is 3. The minimum absolute atomic E-state index is 0.349. The molecule has 0 heterocycles. The highest BCUT2D eigenvalue weighted by atomic mass is 16.5. The first-order valence-electron chi connectivity index (χ1n) is 3.57. The summed E-state index contributed by atoms with van der Waals surface area (Å²) in [5.74, 6) is 0.555. The zero-order valence-electron chi connectivity index (χ0n) is 6.43. The molecule has 1 aromatic rings. The predicted octanol–water partition coefficient (Wildman–Crippen LogP) is 0.536. The summed E-state index contributed by atoms with van der Waals surface area (Å²) in [5, 5.41) is 8.60. The summed E-state index contributed by atoms with van der Waals surface area (Å²) in [6, 6.07) is 8.83. The van der Waals surface area contributed by atoms with Gasteiger partial charge < -0.3 is 9.84 Å². The van der Waals surface area contributed by atoms with E-state index in [1.807, 2.05) is 6.07 Å². The van der Waals surface area contributed by atoms with E-state index in [0.717, 1.165) is 0 Å². The fourth-order valence-corrected chi connectivity index (χ4v) is 0.762. The van der Waals surface area contributed by atoms with E-state index in [1.54, 1.807) is 30.6 Å². The largest absolute Gasteiger partial charge is 0.480 e. The maximum absolute atomic E-state index is 10.1. The summed E-state index contributed by atoms with van der Waals surface area (Å²) in [5.41, 5.74) is 0. The third-order valence-electron chi connectivity index (χ3n) is 1.32. The molecule has 3 heteroatoms. The molecule has 1 aromatic carbocycles. The molecule has 1 radical (unpaired) electrons. The topological polar surface area (TPSA) is 46.5 Å². The van der Waals surface area contributed by atoms with Gasteiger partial charge in [0.05, 0.1) is 6.61 Å². The Hall–Kier alpha value is -1.35. The maximum atomic E-state index is 10.1. The van der Waals surface area contributed by atoms with Gasteiger partial charge in [-0.3, -0.25) is 4.79 Å². The van der Waals surface area contributed by atoms with Gasteiger partial charge >= 0.3 is 0 Å². The molecule has 0 aromatic heterocycles. The van der Waals surface area contributed by atoms with E-state index in [4.69, 9.17) is 9.84 Å². The molecule has 1 N–H and O–H groups in total. The van der Waals surface area contributed by atoms with E-state index in [1.165, 1.54) is 0 Å². The zero-order valence-corrected chi connectivity index (χ0v) is 6.43. The van der Waals surface area contributed by atoms with Gasteiger partial charge in [0, 0.05) is 0 Å². The summed E-state index contributed by atoms with van der Waals surface area (Å²) in [6.45, 7) is -0.349. The second-order valence-corrected chi connectivity index (χ2v) is 2.22. The van der Waals surface area contributed by atoms with Crippen molar-refractivity contribution < 1.29 is 14.6 Å². The highest BCUT2D eigenvalue weighted by Gasteiger charge is 2.06. The first-order chi connectivity index (χ1) is 5.86. The number of ether oxygens (including phenoxy) is 1. The SMILES string of the molecule is O=[C]C(CO)Oc1ccccc1. The van der Waals surface area contributed by atoms with E-state index in [9.17, 15) is 4.79 Å². The van der Waals surface area contributed by atoms with E-state index in [0.29, 0.717) is 5.75 Å². The molecule has 3 nitrogen and oxygen atoms in total. The van der Waals surface area contributed by atoms with Gasteiger partial charge in [-0.1, -0.05) is 18.2 Å². The van der Waals surface area contributed by atoms with Crippen LogP contribution in [0.3, 0.4) is 0 Å². The average molecular weight is 165 g/mol. The predicted molar refractivity (Wildman–Crippen MR) is 43.6 cm³/mol. The Morgan fingerprint density at radius 1 is 1.42 bits per heavy atom. The quantitative estimate of drug-likeness (QED) is 0.708. The van der Waals surface area contributed by atoms with Gasteiger partial charge in [-0.05, 0) is 12.1 Å². The Bertz CT molecular complexity index is 233. The smallest absolute Gasteiger partial charge is 0.245 e.